The number of likely N-dealkylation sites (N-methyl/N-ethyl adjacent to an activating group) is 2. The van der Waals surface area contributed by atoms with E-state index in [-0.39, 0.29) is 11.9 Å². The molecule has 1 saturated heterocycles. The molecule has 4 heteroatoms. The summed E-state index contributed by atoms with van der Waals surface area (Å²) in [5.41, 5.74) is 0. The van der Waals surface area contributed by atoms with E-state index in [1.165, 1.54) is 0 Å². The van der Waals surface area contributed by atoms with E-state index in [4.69, 9.17) is 0 Å². The number of hydrogen-bond acceptors (Lipinski definition) is 3. The van der Waals surface area contributed by atoms with Crippen LogP contribution < -0.4 is 5.32 Å². The van der Waals surface area contributed by atoms with Crippen molar-refractivity contribution in [2.75, 3.05) is 40.3 Å². The molecule has 94 valence electrons. The van der Waals surface area contributed by atoms with Gasteiger partial charge in [0.15, 0.2) is 0 Å². The predicted octanol–water partition coefficient (Wildman–Crippen LogP) is 0.395. The van der Waals surface area contributed by atoms with Crippen molar-refractivity contribution in [3.63, 3.8) is 0 Å². The maximum atomic E-state index is 12.3. The molecule has 16 heavy (non-hydrogen) atoms. The van der Waals surface area contributed by atoms with Crippen LogP contribution in [0.25, 0.3) is 0 Å². The molecule has 0 radical (unpaired) electrons. The number of nitrogens with zero attached hydrogens (tertiary/aromatic N) is 2. The first-order valence-electron chi connectivity index (χ1n) is 6.21. The zero-order valence-electron chi connectivity index (χ0n) is 11.0. The SMILES string of the molecule is CNC(C(=O)N1CCCN(C)CC1)C(C)C. The smallest absolute Gasteiger partial charge is 0.240 e. The second-order valence-corrected chi connectivity index (χ2v) is 4.99. The minimum Gasteiger partial charge on any atom is -0.340 e. The van der Waals surface area contributed by atoms with Crippen LogP contribution in [0, 0.1) is 5.92 Å². The van der Waals surface area contributed by atoms with Gasteiger partial charge in [0.05, 0.1) is 6.04 Å². The van der Waals surface area contributed by atoms with Crippen LogP contribution in [-0.2, 0) is 4.79 Å². The van der Waals surface area contributed by atoms with Gasteiger partial charge in [-0.2, -0.15) is 0 Å². The van der Waals surface area contributed by atoms with Gasteiger partial charge in [-0.15, -0.1) is 0 Å². The Morgan fingerprint density at radius 1 is 1.19 bits per heavy atom. The molecule has 1 atom stereocenters. The summed E-state index contributed by atoms with van der Waals surface area (Å²) in [4.78, 5) is 16.6. The highest BCUT2D eigenvalue weighted by molar-refractivity contribution is 5.82. The van der Waals surface area contributed by atoms with Crippen LogP contribution in [-0.4, -0.2) is 62.0 Å². The van der Waals surface area contributed by atoms with E-state index in [0.717, 1.165) is 32.6 Å². The monoisotopic (exact) mass is 227 g/mol. The summed E-state index contributed by atoms with van der Waals surface area (Å²) in [7, 11) is 3.98. The Morgan fingerprint density at radius 2 is 1.88 bits per heavy atom. The summed E-state index contributed by atoms with van der Waals surface area (Å²) in [5, 5.41) is 3.13. The molecule has 0 aromatic carbocycles. The molecule has 1 fully saturated rings. The van der Waals surface area contributed by atoms with Crippen molar-refractivity contribution in [2.45, 2.75) is 26.3 Å². The summed E-state index contributed by atoms with van der Waals surface area (Å²) in [5.74, 6) is 0.603. The maximum absolute atomic E-state index is 12.3. The van der Waals surface area contributed by atoms with Crippen molar-refractivity contribution in [3.05, 3.63) is 0 Å². The summed E-state index contributed by atoms with van der Waals surface area (Å²) in [6, 6.07) is -0.0385. The summed E-state index contributed by atoms with van der Waals surface area (Å²) >= 11 is 0. The van der Waals surface area contributed by atoms with Crippen LogP contribution in [0.2, 0.25) is 0 Å². The third kappa shape index (κ3) is 3.46. The van der Waals surface area contributed by atoms with Crippen LogP contribution in [0.3, 0.4) is 0 Å². The molecule has 1 unspecified atom stereocenters. The van der Waals surface area contributed by atoms with Crippen molar-refractivity contribution < 1.29 is 4.79 Å². The molecule has 1 aliphatic rings. The van der Waals surface area contributed by atoms with Crippen LogP contribution in [0.1, 0.15) is 20.3 Å². The third-order valence-electron chi connectivity index (χ3n) is 3.27. The first-order valence-corrected chi connectivity index (χ1v) is 6.21. The molecule has 1 aliphatic heterocycles. The van der Waals surface area contributed by atoms with Crippen LogP contribution >= 0.6 is 0 Å². The van der Waals surface area contributed by atoms with E-state index in [0.29, 0.717) is 5.92 Å². The zero-order chi connectivity index (χ0) is 12.1. The average molecular weight is 227 g/mol. The Bertz CT molecular complexity index is 230. The second kappa shape index (κ2) is 6.21. The van der Waals surface area contributed by atoms with Gasteiger partial charge >= 0.3 is 0 Å². The number of carbonyl (C=O) groups is 1. The molecule has 0 saturated carbocycles. The number of amides is 1. The number of nitrogens with one attached hydrogen (secondary N) is 1. The average Bonchev–Trinajstić information content (AvgIpc) is 2.43. The molecule has 4 nitrogen and oxygen atoms in total. The lowest BCUT2D eigenvalue weighted by Gasteiger charge is -2.28. The minimum atomic E-state index is -0.0385. The summed E-state index contributed by atoms with van der Waals surface area (Å²) in [6.45, 7) is 8.01. The first kappa shape index (κ1) is 13.5. The van der Waals surface area contributed by atoms with E-state index in [9.17, 15) is 4.79 Å². The standard InChI is InChI=1S/C12H25N3O/c1-10(2)11(13-3)12(16)15-7-5-6-14(4)8-9-15/h10-11,13H,5-9H2,1-4H3. The van der Waals surface area contributed by atoms with Crippen molar-refractivity contribution in [1.29, 1.82) is 0 Å². The normalized spacial score (nSPS) is 20.9. The van der Waals surface area contributed by atoms with Crippen molar-refractivity contribution in [1.82, 2.24) is 15.1 Å². The van der Waals surface area contributed by atoms with Crippen molar-refractivity contribution >= 4 is 5.91 Å². The summed E-state index contributed by atoms with van der Waals surface area (Å²) in [6.07, 6.45) is 1.08. The van der Waals surface area contributed by atoms with Gasteiger partial charge in [-0.1, -0.05) is 13.8 Å². The van der Waals surface area contributed by atoms with E-state index < -0.39 is 0 Å². The number of rotatable bonds is 3. The van der Waals surface area contributed by atoms with Crippen molar-refractivity contribution in [2.24, 2.45) is 5.92 Å². The zero-order valence-corrected chi connectivity index (χ0v) is 11.0. The van der Waals surface area contributed by atoms with Crippen LogP contribution in [0.5, 0.6) is 0 Å². The van der Waals surface area contributed by atoms with E-state index in [1.807, 2.05) is 11.9 Å². The fraction of sp³-hybridized carbons (Fsp3) is 0.917. The lowest BCUT2D eigenvalue weighted by Crippen LogP contribution is -2.49. The second-order valence-electron chi connectivity index (χ2n) is 4.99. The van der Waals surface area contributed by atoms with Crippen LogP contribution in [0.4, 0.5) is 0 Å². The Kier molecular flexibility index (Phi) is 5.22. The number of carbonyl (C=O) groups excluding carboxylic acids is 1. The van der Waals surface area contributed by atoms with E-state index >= 15 is 0 Å². The van der Waals surface area contributed by atoms with Crippen molar-refractivity contribution in [3.8, 4) is 0 Å². The van der Waals surface area contributed by atoms with Gasteiger partial charge in [-0.25, -0.2) is 0 Å². The first-order chi connectivity index (χ1) is 7.56. The van der Waals surface area contributed by atoms with Gasteiger partial charge < -0.3 is 15.1 Å². The van der Waals surface area contributed by atoms with Gasteiger partial charge in [0.1, 0.15) is 0 Å². The van der Waals surface area contributed by atoms with Gasteiger partial charge in [0.2, 0.25) is 5.91 Å². The molecule has 1 heterocycles. The van der Waals surface area contributed by atoms with Gasteiger partial charge in [0.25, 0.3) is 0 Å². The molecule has 1 rings (SSSR count). The minimum absolute atomic E-state index is 0.0385. The largest absolute Gasteiger partial charge is 0.340 e. The van der Waals surface area contributed by atoms with Gasteiger partial charge in [-0.05, 0) is 33.0 Å². The Hall–Kier alpha value is -0.610. The van der Waals surface area contributed by atoms with E-state index in [2.05, 4.69) is 31.1 Å². The van der Waals surface area contributed by atoms with Gasteiger partial charge in [-0.3, -0.25) is 4.79 Å². The quantitative estimate of drug-likeness (QED) is 0.758. The molecule has 0 aliphatic carbocycles. The molecular formula is C12H25N3O. The molecule has 1 amide bonds. The highest BCUT2D eigenvalue weighted by Crippen LogP contribution is 2.08. The topological polar surface area (TPSA) is 35.6 Å². The third-order valence-corrected chi connectivity index (χ3v) is 3.27. The predicted molar refractivity (Wildman–Crippen MR) is 66.4 cm³/mol. The van der Waals surface area contributed by atoms with Gasteiger partial charge in [0, 0.05) is 19.6 Å². The van der Waals surface area contributed by atoms with Crippen LogP contribution in [0.15, 0.2) is 0 Å². The molecule has 0 spiro atoms. The highest BCUT2D eigenvalue weighted by atomic mass is 16.2. The Labute approximate surface area is 99.0 Å². The molecule has 0 bridgehead atoms. The molecule has 0 aromatic rings. The molecular weight excluding hydrogens is 202 g/mol. The Balaban J connectivity index is 2.58. The lowest BCUT2D eigenvalue weighted by molar-refractivity contribution is -0.134. The van der Waals surface area contributed by atoms with E-state index in [1.54, 1.807) is 0 Å². The fourth-order valence-corrected chi connectivity index (χ4v) is 2.21. The highest BCUT2D eigenvalue weighted by Gasteiger charge is 2.26. The summed E-state index contributed by atoms with van der Waals surface area (Å²) < 4.78 is 0. The molecule has 0 aromatic heterocycles. The maximum Gasteiger partial charge on any atom is 0.240 e. The lowest BCUT2D eigenvalue weighted by atomic mass is 10.0. The molecule has 1 N–H and O–H groups in total. The fourth-order valence-electron chi connectivity index (χ4n) is 2.21. The Morgan fingerprint density at radius 3 is 2.44 bits per heavy atom. The number of hydrogen-bond donors (Lipinski definition) is 1.